The number of pyridine rings is 1. The number of aromatic nitrogens is 1. The van der Waals surface area contributed by atoms with Crippen molar-refractivity contribution in [3.63, 3.8) is 0 Å². The van der Waals surface area contributed by atoms with E-state index in [1.54, 1.807) is 12.3 Å². The molecule has 1 heterocycles. The Kier molecular flexibility index (Phi) is 5.42. The van der Waals surface area contributed by atoms with Gasteiger partial charge in [0.15, 0.2) is 0 Å². The van der Waals surface area contributed by atoms with Crippen LogP contribution in [0.15, 0.2) is 22.8 Å². The number of carbonyl (C=O) groups is 1. The second kappa shape index (κ2) is 6.60. The van der Waals surface area contributed by atoms with Gasteiger partial charge < -0.3 is 11.1 Å². The van der Waals surface area contributed by atoms with Crippen LogP contribution in [0.2, 0.25) is 0 Å². The lowest BCUT2D eigenvalue weighted by Crippen LogP contribution is -2.27. The van der Waals surface area contributed by atoms with Crippen LogP contribution in [0.4, 0.5) is 5.82 Å². The molecule has 1 aromatic rings. The van der Waals surface area contributed by atoms with Gasteiger partial charge in [-0.3, -0.25) is 4.79 Å². The molecule has 0 saturated heterocycles. The first-order valence-electron chi connectivity index (χ1n) is 5.29. The normalized spacial score (nSPS) is 12.2. The van der Waals surface area contributed by atoms with E-state index in [0.29, 0.717) is 12.2 Å². The number of carbonyl (C=O) groups excluding carboxylic acids is 1. The topological polar surface area (TPSA) is 68.0 Å². The molecule has 0 aromatic carbocycles. The van der Waals surface area contributed by atoms with Crippen LogP contribution < -0.4 is 11.1 Å². The Morgan fingerprint density at radius 1 is 1.69 bits per heavy atom. The molecule has 3 N–H and O–H groups in total. The average Bonchev–Trinajstić information content (AvgIpc) is 2.21. The average molecular weight is 286 g/mol. The van der Waals surface area contributed by atoms with Crippen LogP contribution in [0.5, 0.6) is 0 Å². The first kappa shape index (κ1) is 13.1. The van der Waals surface area contributed by atoms with Crippen molar-refractivity contribution < 1.29 is 4.79 Å². The van der Waals surface area contributed by atoms with Gasteiger partial charge in [-0.1, -0.05) is 13.3 Å². The molecule has 4 nitrogen and oxygen atoms in total. The molecule has 0 spiro atoms. The SMILES string of the molecule is CCCC(N)CC(=O)Nc1ncccc1Br. The smallest absolute Gasteiger partial charge is 0.227 e. The van der Waals surface area contributed by atoms with Gasteiger partial charge in [0.2, 0.25) is 5.91 Å². The Morgan fingerprint density at radius 2 is 2.44 bits per heavy atom. The highest BCUT2D eigenvalue weighted by Gasteiger charge is 2.10. The van der Waals surface area contributed by atoms with Gasteiger partial charge in [0, 0.05) is 18.7 Å². The fourth-order valence-corrected chi connectivity index (χ4v) is 1.73. The number of nitrogens with two attached hydrogens (primary N) is 1. The van der Waals surface area contributed by atoms with Gasteiger partial charge in [-0.25, -0.2) is 4.98 Å². The molecule has 16 heavy (non-hydrogen) atoms. The van der Waals surface area contributed by atoms with Gasteiger partial charge in [-0.15, -0.1) is 0 Å². The van der Waals surface area contributed by atoms with Crippen LogP contribution in [0.3, 0.4) is 0 Å². The quantitative estimate of drug-likeness (QED) is 0.872. The van der Waals surface area contributed by atoms with Crippen molar-refractivity contribution in [2.45, 2.75) is 32.2 Å². The maximum atomic E-state index is 11.6. The number of anilines is 1. The van der Waals surface area contributed by atoms with Crippen molar-refractivity contribution in [3.05, 3.63) is 22.8 Å². The van der Waals surface area contributed by atoms with Gasteiger partial charge in [0.1, 0.15) is 5.82 Å². The van der Waals surface area contributed by atoms with Crippen molar-refractivity contribution in [1.82, 2.24) is 4.98 Å². The zero-order valence-corrected chi connectivity index (χ0v) is 10.8. The van der Waals surface area contributed by atoms with Gasteiger partial charge in [0.05, 0.1) is 4.47 Å². The molecule has 0 aliphatic heterocycles. The standard InChI is InChI=1S/C11H16BrN3O/c1-2-4-8(13)7-10(16)15-11-9(12)5-3-6-14-11/h3,5-6,8H,2,4,7,13H2,1H3,(H,14,15,16). The molecule has 1 unspecified atom stereocenters. The van der Waals surface area contributed by atoms with Gasteiger partial charge in [-0.05, 0) is 34.5 Å². The van der Waals surface area contributed by atoms with Crippen LogP contribution in [-0.2, 0) is 4.79 Å². The molecule has 1 rings (SSSR count). The zero-order chi connectivity index (χ0) is 12.0. The largest absolute Gasteiger partial charge is 0.327 e. The Bertz CT molecular complexity index is 357. The van der Waals surface area contributed by atoms with Crippen LogP contribution in [0.25, 0.3) is 0 Å². The Balaban J connectivity index is 2.49. The minimum absolute atomic E-state index is 0.0764. The van der Waals surface area contributed by atoms with Crippen LogP contribution in [-0.4, -0.2) is 16.9 Å². The van der Waals surface area contributed by atoms with E-state index in [-0.39, 0.29) is 11.9 Å². The Labute approximate surface area is 104 Å². The molecule has 1 atom stereocenters. The molecule has 0 aliphatic carbocycles. The Morgan fingerprint density at radius 3 is 3.06 bits per heavy atom. The molecule has 0 bridgehead atoms. The monoisotopic (exact) mass is 285 g/mol. The Hall–Kier alpha value is -0.940. The summed E-state index contributed by atoms with van der Waals surface area (Å²) in [6.07, 6.45) is 3.81. The second-order valence-electron chi connectivity index (χ2n) is 3.63. The van der Waals surface area contributed by atoms with E-state index in [2.05, 4.69) is 26.2 Å². The van der Waals surface area contributed by atoms with E-state index in [1.165, 1.54) is 0 Å². The summed E-state index contributed by atoms with van der Waals surface area (Å²) < 4.78 is 0.771. The summed E-state index contributed by atoms with van der Waals surface area (Å²) in [6, 6.07) is 3.55. The molecule has 0 radical (unpaired) electrons. The van der Waals surface area contributed by atoms with Crippen LogP contribution >= 0.6 is 15.9 Å². The summed E-state index contributed by atoms with van der Waals surface area (Å²) in [5.41, 5.74) is 5.78. The number of amides is 1. The molecule has 88 valence electrons. The molecular weight excluding hydrogens is 270 g/mol. The van der Waals surface area contributed by atoms with Crippen LogP contribution in [0.1, 0.15) is 26.2 Å². The molecule has 1 amide bonds. The highest BCUT2D eigenvalue weighted by molar-refractivity contribution is 9.10. The number of hydrogen-bond donors (Lipinski definition) is 2. The lowest BCUT2D eigenvalue weighted by Gasteiger charge is -2.10. The zero-order valence-electron chi connectivity index (χ0n) is 9.24. The predicted octanol–water partition coefficient (Wildman–Crippen LogP) is 2.30. The number of nitrogens with zero attached hydrogens (tertiary/aromatic N) is 1. The summed E-state index contributed by atoms with van der Waals surface area (Å²) >= 11 is 3.31. The van der Waals surface area contributed by atoms with Gasteiger partial charge >= 0.3 is 0 Å². The molecule has 0 aliphatic rings. The molecule has 1 aromatic heterocycles. The third kappa shape index (κ3) is 4.28. The molecule has 5 heteroatoms. The maximum absolute atomic E-state index is 11.6. The third-order valence-electron chi connectivity index (χ3n) is 2.12. The lowest BCUT2D eigenvalue weighted by molar-refractivity contribution is -0.116. The van der Waals surface area contributed by atoms with E-state index in [9.17, 15) is 4.79 Å². The van der Waals surface area contributed by atoms with Crippen molar-refractivity contribution in [3.8, 4) is 0 Å². The summed E-state index contributed by atoms with van der Waals surface area (Å²) in [5, 5.41) is 2.72. The predicted molar refractivity (Wildman–Crippen MR) is 68.1 cm³/mol. The fourth-order valence-electron chi connectivity index (χ4n) is 1.37. The van der Waals surface area contributed by atoms with Crippen LogP contribution in [0, 0.1) is 0 Å². The van der Waals surface area contributed by atoms with E-state index < -0.39 is 0 Å². The van der Waals surface area contributed by atoms with Gasteiger partial charge in [0.25, 0.3) is 0 Å². The van der Waals surface area contributed by atoms with E-state index in [0.717, 1.165) is 17.3 Å². The molecule has 0 fully saturated rings. The fraction of sp³-hybridized carbons (Fsp3) is 0.455. The second-order valence-corrected chi connectivity index (χ2v) is 4.49. The summed E-state index contributed by atoms with van der Waals surface area (Å²) in [7, 11) is 0. The minimum Gasteiger partial charge on any atom is -0.327 e. The van der Waals surface area contributed by atoms with Crippen molar-refractivity contribution >= 4 is 27.7 Å². The van der Waals surface area contributed by atoms with Crippen molar-refractivity contribution in [2.24, 2.45) is 5.73 Å². The van der Waals surface area contributed by atoms with E-state index >= 15 is 0 Å². The highest BCUT2D eigenvalue weighted by Crippen LogP contribution is 2.18. The third-order valence-corrected chi connectivity index (χ3v) is 2.76. The first-order valence-corrected chi connectivity index (χ1v) is 6.08. The number of halogens is 1. The highest BCUT2D eigenvalue weighted by atomic mass is 79.9. The molecule has 0 saturated carbocycles. The number of rotatable bonds is 5. The number of nitrogens with one attached hydrogen (secondary N) is 1. The summed E-state index contributed by atoms with van der Waals surface area (Å²) in [6.45, 7) is 2.05. The van der Waals surface area contributed by atoms with Crippen molar-refractivity contribution in [2.75, 3.05) is 5.32 Å². The summed E-state index contributed by atoms with van der Waals surface area (Å²) in [5.74, 6) is 0.441. The lowest BCUT2D eigenvalue weighted by atomic mass is 10.1. The minimum atomic E-state index is -0.0969. The maximum Gasteiger partial charge on any atom is 0.227 e. The summed E-state index contributed by atoms with van der Waals surface area (Å²) in [4.78, 5) is 15.6. The van der Waals surface area contributed by atoms with Gasteiger partial charge in [-0.2, -0.15) is 0 Å². The van der Waals surface area contributed by atoms with Crippen molar-refractivity contribution in [1.29, 1.82) is 0 Å². The van der Waals surface area contributed by atoms with E-state index in [4.69, 9.17) is 5.73 Å². The van der Waals surface area contributed by atoms with E-state index in [1.807, 2.05) is 13.0 Å². The number of hydrogen-bond acceptors (Lipinski definition) is 3. The first-order chi connectivity index (χ1) is 7.63. The molecular formula is C11H16BrN3O.